The molecule has 0 heterocycles. The normalized spacial score (nSPS) is 9.20. The fourth-order valence-corrected chi connectivity index (χ4v) is 0.120. The first-order valence-electron chi connectivity index (χ1n) is 1.07. The highest BCUT2D eigenvalue weighted by Crippen LogP contribution is 1.64. The summed E-state index contributed by atoms with van der Waals surface area (Å²) in [6, 6.07) is 0. The second-order valence-electron chi connectivity index (χ2n) is 0.386. The van der Waals surface area contributed by atoms with Gasteiger partial charge in [0.05, 0.1) is 0 Å². The Morgan fingerprint density at radius 2 is 2.60 bits per heavy atom. The SMILES string of the molecule is CON=CCl. The Morgan fingerprint density at radius 1 is 2.00 bits per heavy atom. The zero-order valence-corrected chi connectivity index (χ0v) is 3.57. The minimum absolute atomic E-state index is 1.06. The molecule has 3 heteroatoms. The quantitative estimate of drug-likeness (QED) is 0.347. The molecular weight excluding hydrogens is 89.5 g/mol. The number of hydrogen-bond acceptors (Lipinski definition) is 2. The maximum Gasteiger partial charge on any atom is 0.132 e. The Bertz CT molecular complexity index is 36.6. The van der Waals surface area contributed by atoms with Crippen molar-refractivity contribution in [2.24, 2.45) is 5.16 Å². The molecule has 0 aromatic rings. The average Bonchev–Trinajstić information content (AvgIpc) is 1.41. The van der Waals surface area contributed by atoms with E-state index >= 15 is 0 Å². The first kappa shape index (κ1) is 4.76. The Hall–Kier alpha value is -0.240. The summed E-state index contributed by atoms with van der Waals surface area (Å²) in [6.45, 7) is 0. The molecule has 5 heavy (non-hydrogen) atoms. The van der Waals surface area contributed by atoms with E-state index in [1.54, 1.807) is 0 Å². The van der Waals surface area contributed by atoms with Gasteiger partial charge in [-0.2, -0.15) is 0 Å². The molecule has 2 nitrogen and oxygen atoms in total. The van der Waals surface area contributed by atoms with Gasteiger partial charge in [0.15, 0.2) is 0 Å². The Labute approximate surface area is 35.4 Å². The molecule has 0 fully saturated rings. The molecule has 0 aliphatic heterocycles. The standard InChI is InChI=1S/C2H4ClNO/c1-5-4-2-3/h2H,1H3. The summed E-state index contributed by atoms with van der Waals surface area (Å²) in [5.74, 6) is 0. The smallest absolute Gasteiger partial charge is 0.132 e. The third-order valence-corrected chi connectivity index (χ3v) is 0.225. The largest absolute Gasteiger partial charge is 0.398 e. The van der Waals surface area contributed by atoms with E-state index in [4.69, 9.17) is 11.6 Å². The first-order valence-corrected chi connectivity index (χ1v) is 1.50. The van der Waals surface area contributed by atoms with E-state index < -0.39 is 0 Å². The summed E-state index contributed by atoms with van der Waals surface area (Å²) >= 11 is 4.88. The van der Waals surface area contributed by atoms with Crippen molar-refractivity contribution in [3.8, 4) is 0 Å². The topological polar surface area (TPSA) is 21.6 Å². The van der Waals surface area contributed by atoms with Gasteiger partial charge < -0.3 is 4.84 Å². The van der Waals surface area contributed by atoms with E-state index in [0.29, 0.717) is 0 Å². The highest BCUT2D eigenvalue weighted by atomic mass is 35.5. The highest BCUT2D eigenvalue weighted by Gasteiger charge is 1.49. The van der Waals surface area contributed by atoms with Crippen molar-refractivity contribution in [1.82, 2.24) is 0 Å². The lowest BCUT2D eigenvalue weighted by atomic mass is 11.7. The van der Waals surface area contributed by atoms with Crippen LogP contribution in [-0.2, 0) is 4.84 Å². The monoisotopic (exact) mass is 93.0 g/mol. The average molecular weight is 93.5 g/mol. The van der Waals surface area contributed by atoms with Gasteiger partial charge in [-0.1, -0.05) is 16.8 Å². The second-order valence-corrected chi connectivity index (χ2v) is 0.581. The Balaban J connectivity index is 2.62. The maximum atomic E-state index is 4.88. The van der Waals surface area contributed by atoms with Crippen molar-refractivity contribution >= 4 is 17.3 Å². The van der Waals surface area contributed by atoms with Crippen LogP contribution in [-0.4, -0.2) is 12.8 Å². The predicted molar refractivity (Wildman–Crippen MR) is 21.4 cm³/mol. The molecule has 0 radical (unpaired) electrons. The molecule has 30 valence electrons. The van der Waals surface area contributed by atoms with Crippen molar-refractivity contribution in [3.63, 3.8) is 0 Å². The van der Waals surface area contributed by atoms with Crippen LogP contribution in [0, 0.1) is 0 Å². The summed E-state index contributed by atoms with van der Waals surface area (Å²) in [5, 5.41) is 3.11. The van der Waals surface area contributed by atoms with Gasteiger partial charge in [-0.15, -0.1) is 0 Å². The number of nitrogens with zero attached hydrogens (tertiary/aromatic N) is 1. The van der Waals surface area contributed by atoms with Crippen LogP contribution >= 0.6 is 11.6 Å². The van der Waals surface area contributed by atoms with Crippen LogP contribution in [0.25, 0.3) is 0 Å². The van der Waals surface area contributed by atoms with Crippen molar-refractivity contribution in [2.45, 2.75) is 0 Å². The molecule has 0 aromatic carbocycles. The van der Waals surface area contributed by atoms with Gasteiger partial charge in [-0.3, -0.25) is 0 Å². The summed E-state index contributed by atoms with van der Waals surface area (Å²) < 4.78 is 0. The number of rotatable bonds is 1. The van der Waals surface area contributed by atoms with E-state index in [9.17, 15) is 0 Å². The van der Waals surface area contributed by atoms with Crippen LogP contribution in [0.5, 0.6) is 0 Å². The molecule has 0 atom stereocenters. The second kappa shape index (κ2) is 3.76. The minimum Gasteiger partial charge on any atom is -0.398 e. The van der Waals surface area contributed by atoms with Gasteiger partial charge in [-0.25, -0.2) is 0 Å². The van der Waals surface area contributed by atoms with Gasteiger partial charge in [0.25, 0.3) is 0 Å². The van der Waals surface area contributed by atoms with E-state index in [0.717, 1.165) is 5.67 Å². The van der Waals surface area contributed by atoms with Gasteiger partial charge >= 0.3 is 0 Å². The van der Waals surface area contributed by atoms with Crippen LogP contribution in [0.3, 0.4) is 0 Å². The third kappa shape index (κ3) is 3.76. The van der Waals surface area contributed by atoms with Gasteiger partial charge in [0, 0.05) is 0 Å². The Morgan fingerprint density at radius 3 is 2.60 bits per heavy atom. The van der Waals surface area contributed by atoms with Gasteiger partial charge in [0.2, 0.25) is 0 Å². The highest BCUT2D eigenvalue weighted by molar-refractivity contribution is 6.56. The Kier molecular flexibility index (Phi) is 3.58. The first-order chi connectivity index (χ1) is 2.41. The molecular formula is C2H4ClNO. The summed E-state index contributed by atoms with van der Waals surface area (Å²) in [5.41, 5.74) is 1.06. The molecule has 0 unspecified atom stereocenters. The fraction of sp³-hybridized carbons (Fsp3) is 0.500. The molecule has 0 saturated heterocycles. The lowest BCUT2D eigenvalue weighted by Gasteiger charge is -1.74. The molecule has 0 aromatic heterocycles. The van der Waals surface area contributed by atoms with Crippen molar-refractivity contribution in [1.29, 1.82) is 0 Å². The number of halogens is 1. The zero-order chi connectivity index (χ0) is 4.12. The molecule has 0 spiro atoms. The van der Waals surface area contributed by atoms with Gasteiger partial charge in [-0.05, 0) is 0 Å². The lowest BCUT2D eigenvalue weighted by Crippen LogP contribution is -1.60. The van der Waals surface area contributed by atoms with Crippen LogP contribution in [0.4, 0.5) is 0 Å². The van der Waals surface area contributed by atoms with Crippen LogP contribution < -0.4 is 0 Å². The van der Waals surface area contributed by atoms with Crippen LogP contribution in [0.2, 0.25) is 0 Å². The zero-order valence-electron chi connectivity index (χ0n) is 2.81. The molecule has 0 amide bonds. The lowest BCUT2D eigenvalue weighted by molar-refractivity contribution is 0.216. The third-order valence-electron chi connectivity index (χ3n) is 0.145. The van der Waals surface area contributed by atoms with Gasteiger partial charge in [0.1, 0.15) is 12.8 Å². The van der Waals surface area contributed by atoms with Crippen LogP contribution in [0.1, 0.15) is 0 Å². The van der Waals surface area contributed by atoms with Crippen LogP contribution in [0.15, 0.2) is 5.16 Å². The molecule has 0 N–H and O–H groups in total. The minimum atomic E-state index is 1.06. The maximum absolute atomic E-state index is 4.88. The fourth-order valence-electron chi connectivity index (χ4n) is 0.0398. The number of oxime groups is 1. The molecule has 0 aliphatic carbocycles. The van der Waals surface area contributed by atoms with E-state index in [1.165, 1.54) is 7.11 Å². The number of hydrogen-bond donors (Lipinski definition) is 0. The van der Waals surface area contributed by atoms with Crippen molar-refractivity contribution in [3.05, 3.63) is 0 Å². The molecule has 0 aliphatic rings. The van der Waals surface area contributed by atoms with E-state index in [1.807, 2.05) is 0 Å². The van der Waals surface area contributed by atoms with Crippen molar-refractivity contribution in [2.75, 3.05) is 7.11 Å². The van der Waals surface area contributed by atoms with E-state index in [2.05, 4.69) is 9.99 Å². The molecule has 0 rings (SSSR count). The summed E-state index contributed by atoms with van der Waals surface area (Å²) in [7, 11) is 1.43. The molecule has 0 bridgehead atoms. The predicted octanol–water partition coefficient (Wildman–Crippen LogP) is 0.815. The van der Waals surface area contributed by atoms with E-state index in [-0.39, 0.29) is 0 Å². The molecule has 0 saturated carbocycles. The summed E-state index contributed by atoms with van der Waals surface area (Å²) in [4.78, 5) is 4.13. The van der Waals surface area contributed by atoms with Crippen molar-refractivity contribution < 1.29 is 4.84 Å². The summed E-state index contributed by atoms with van der Waals surface area (Å²) in [6.07, 6.45) is 0.